The first-order chi connectivity index (χ1) is 12.1. The number of non-ortho nitro benzene ring substituents is 1. The van der Waals surface area contributed by atoms with Gasteiger partial charge >= 0.3 is 5.97 Å². The van der Waals surface area contributed by atoms with Gasteiger partial charge in [-0.25, -0.2) is 4.79 Å². The molecular formula is C19H21ClN2O4. The Bertz CT molecular complexity index is 748. The lowest BCUT2D eigenvalue weighted by atomic mass is 10.1. The molecule has 0 radical (unpaired) electrons. The number of esters is 1. The van der Waals surface area contributed by atoms with Gasteiger partial charge in [-0.2, -0.15) is 0 Å². The Labute approximate surface area is 158 Å². The summed E-state index contributed by atoms with van der Waals surface area (Å²) >= 11 is 0. The molecule has 138 valence electrons. The zero-order valence-corrected chi connectivity index (χ0v) is 15.1. The van der Waals surface area contributed by atoms with Crippen molar-refractivity contribution < 1.29 is 14.5 Å². The zero-order chi connectivity index (χ0) is 17.6. The lowest BCUT2D eigenvalue weighted by Crippen LogP contribution is -2.28. The molecule has 1 aliphatic rings. The van der Waals surface area contributed by atoms with Crippen molar-refractivity contribution in [2.75, 3.05) is 19.6 Å². The fourth-order valence-corrected chi connectivity index (χ4v) is 3.02. The molecular weight excluding hydrogens is 356 g/mol. The van der Waals surface area contributed by atoms with Crippen molar-refractivity contribution in [1.29, 1.82) is 0 Å². The Morgan fingerprint density at radius 3 is 2.46 bits per heavy atom. The van der Waals surface area contributed by atoms with E-state index in [1.807, 2.05) is 30.3 Å². The molecule has 2 aromatic rings. The summed E-state index contributed by atoms with van der Waals surface area (Å²) < 4.78 is 5.72. The average Bonchev–Trinajstić information content (AvgIpc) is 3.15. The van der Waals surface area contributed by atoms with Gasteiger partial charge in [-0.3, -0.25) is 15.0 Å². The predicted molar refractivity (Wildman–Crippen MR) is 101 cm³/mol. The molecule has 1 aliphatic heterocycles. The number of halogens is 1. The molecule has 26 heavy (non-hydrogen) atoms. The maximum atomic E-state index is 12.5. The van der Waals surface area contributed by atoms with E-state index in [-0.39, 0.29) is 23.7 Å². The molecule has 1 heterocycles. The largest absolute Gasteiger partial charge is 0.453 e. The summed E-state index contributed by atoms with van der Waals surface area (Å²) in [5.74, 6) is -0.545. The summed E-state index contributed by atoms with van der Waals surface area (Å²) in [6.07, 6.45) is 1.91. The molecule has 0 N–H and O–H groups in total. The van der Waals surface area contributed by atoms with Gasteiger partial charge in [-0.05, 0) is 37.6 Å². The summed E-state index contributed by atoms with van der Waals surface area (Å²) in [4.78, 5) is 25.2. The smallest absolute Gasteiger partial charge is 0.339 e. The van der Waals surface area contributed by atoms with Crippen LogP contribution in [0.4, 0.5) is 5.69 Å². The quantitative estimate of drug-likeness (QED) is 0.432. The second-order valence-electron chi connectivity index (χ2n) is 6.12. The molecule has 1 unspecified atom stereocenters. The highest BCUT2D eigenvalue weighted by molar-refractivity contribution is 5.90. The SMILES string of the molecule is Cl.O=C(OC(CN1CCCC1)c1ccccc1)c1cccc([N+](=O)[O-])c1. The van der Waals surface area contributed by atoms with Gasteiger partial charge in [0.15, 0.2) is 0 Å². The van der Waals surface area contributed by atoms with E-state index in [4.69, 9.17) is 4.74 Å². The number of benzene rings is 2. The third kappa shape index (κ3) is 5.03. The van der Waals surface area contributed by atoms with Gasteiger partial charge in [0.1, 0.15) is 6.10 Å². The molecule has 7 heteroatoms. The number of ether oxygens (including phenoxy) is 1. The van der Waals surface area contributed by atoms with Gasteiger partial charge in [0.05, 0.1) is 10.5 Å². The van der Waals surface area contributed by atoms with Crippen LogP contribution < -0.4 is 0 Å². The van der Waals surface area contributed by atoms with E-state index in [1.165, 1.54) is 24.3 Å². The van der Waals surface area contributed by atoms with E-state index < -0.39 is 17.0 Å². The van der Waals surface area contributed by atoms with Gasteiger partial charge in [-0.15, -0.1) is 12.4 Å². The fraction of sp³-hybridized carbons (Fsp3) is 0.316. The van der Waals surface area contributed by atoms with Crippen LogP contribution in [0.25, 0.3) is 0 Å². The standard InChI is InChI=1S/C19H20N2O4.ClH/c22-19(16-9-6-10-17(13-16)21(23)24)25-18(14-20-11-4-5-12-20)15-7-2-1-3-8-15;/h1-3,6-10,13,18H,4-5,11-12,14H2;1H. The number of hydrogen-bond donors (Lipinski definition) is 0. The molecule has 0 spiro atoms. The molecule has 0 amide bonds. The van der Waals surface area contributed by atoms with E-state index in [2.05, 4.69) is 4.90 Å². The second-order valence-corrected chi connectivity index (χ2v) is 6.12. The summed E-state index contributed by atoms with van der Waals surface area (Å²) in [7, 11) is 0. The number of hydrogen-bond acceptors (Lipinski definition) is 5. The second kappa shape index (κ2) is 9.31. The fourth-order valence-electron chi connectivity index (χ4n) is 3.02. The van der Waals surface area contributed by atoms with Crippen molar-refractivity contribution in [1.82, 2.24) is 4.90 Å². The molecule has 1 fully saturated rings. The third-order valence-electron chi connectivity index (χ3n) is 4.34. The maximum absolute atomic E-state index is 12.5. The summed E-state index contributed by atoms with van der Waals surface area (Å²) in [6, 6.07) is 15.2. The molecule has 1 atom stereocenters. The molecule has 2 aromatic carbocycles. The average molecular weight is 377 g/mol. The highest BCUT2D eigenvalue weighted by Gasteiger charge is 2.23. The van der Waals surface area contributed by atoms with Gasteiger partial charge < -0.3 is 4.74 Å². The molecule has 0 aliphatic carbocycles. The summed E-state index contributed by atoms with van der Waals surface area (Å²) in [5, 5.41) is 10.9. The Balaban J connectivity index is 0.00000243. The minimum absolute atomic E-state index is 0. The maximum Gasteiger partial charge on any atom is 0.339 e. The van der Waals surface area contributed by atoms with Crippen LogP contribution in [-0.4, -0.2) is 35.4 Å². The summed E-state index contributed by atoms with van der Waals surface area (Å²) in [6.45, 7) is 2.63. The number of carbonyl (C=O) groups excluding carboxylic acids is 1. The van der Waals surface area contributed by atoms with Crippen LogP contribution in [-0.2, 0) is 4.74 Å². The van der Waals surface area contributed by atoms with E-state index in [0.29, 0.717) is 6.54 Å². The number of nitro benzene ring substituents is 1. The Kier molecular flexibility index (Phi) is 7.12. The first-order valence-electron chi connectivity index (χ1n) is 8.36. The topological polar surface area (TPSA) is 72.7 Å². The van der Waals surface area contributed by atoms with Crippen molar-refractivity contribution in [2.45, 2.75) is 18.9 Å². The first kappa shape index (κ1) is 19.9. The van der Waals surface area contributed by atoms with E-state index in [0.717, 1.165) is 31.5 Å². The highest BCUT2D eigenvalue weighted by atomic mass is 35.5. The summed E-state index contributed by atoms with van der Waals surface area (Å²) in [5.41, 5.74) is 0.995. The van der Waals surface area contributed by atoms with Gasteiger partial charge in [0.2, 0.25) is 0 Å². The first-order valence-corrected chi connectivity index (χ1v) is 8.36. The Morgan fingerprint density at radius 2 is 1.81 bits per heavy atom. The van der Waals surface area contributed by atoms with Crippen molar-refractivity contribution in [3.63, 3.8) is 0 Å². The van der Waals surface area contributed by atoms with Crippen molar-refractivity contribution in [3.8, 4) is 0 Å². The van der Waals surface area contributed by atoms with E-state index in [1.54, 1.807) is 0 Å². The molecule has 1 saturated heterocycles. The molecule has 6 nitrogen and oxygen atoms in total. The van der Waals surface area contributed by atoms with Gasteiger partial charge in [0.25, 0.3) is 5.69 Å². The minimum Gasteiger partial charge on any atom is -0.453 e. The molecule has 0 saturated carbocycles. The number of carbonyl (C=O) groups is 1. The van der Waals surface area contributed by atoms with Crippen LogP contribution in [0.5, 0.6) is 0 Å². The van der Waals surface area contributed by atoms with E-state index in [9.17, 15) is 14.9 Å². The lowest BCUT2D eigenvalue weighted by molar-refractivity contribution is -0.384. The number of nitrogens with zero attached hydrogens (tertiary/aromatic N) is 2. The normalized spacial score (nSPS) is 15.1. The molecule has 0 bridgehead atoms. The van der Waals surface area contributed by atoms with Crippen molar-refractivity contribution in [2.24, 2.45) is 0 Å². The molecule has 3 rings (SSSR count). The Hall–Kier alpha value is -2.44. The van der Waals surface area contributed by atoms with Crippen LogP contribution >= 0.6 is 12.4 Å². The van der Waals surface area contributed by atoms with Crippen molar-refractivity contribution >= 4 is 24.1 Å². The van der Waals surface area contributed by atoms with Gasteiger partial charge in [-0.1, -0.05) is 36.4 Å². The number of rotatable bonds is 6. The predicted octanol–water partition coefficient (Wildman–Crippen LogP) is 4.01. The monoisotopic (exact) mass is 376 g/mol. The molecule has 0 aromatic heterocycles. The number of nitro groups is 1. The van der Waals surface area contributed by atoms with Crippen LogP contribution in [0.3, 0.4) is 0 Å². The lowest BCUT2D eigenvalue weighted by Gasteiger charge is -2.24. The van der Waals surface area contributed by atoms with Crippen LogP contribution in [0.1, 0.15) is 34.9 Å². The van der Waals surface area contributed by atoms with Crippen LogP contribution in [0, 0.1) is 10.1 Å². The van der Waals surface area contributed by atoms with Crippen LogP contribution in [0.2, 0.25) is 0 Å². The number of likely N-dealkylation sites (tertiary alicyclic amines) is 1. The highest BCUT2D eigenvalue weighted by Crippen LogP contribution is 2.23. The van der Waals surface area contributed by atoms with Crippen LogP contribution in [0.15, 0.2) is 54.6 Å². The van der Waals surface area contributed by atoms with E-state index >= 15 is 0 Å². The zero-order valence-electron chi connectivity index (χ0n) is 14.2. The van der Waals surface area contributed by atoms with Gasteiger partial charge in [0, 0.05) is 18.7 Å². The third-order valence-corrected chi connectivity index (χ3v) is 4.34. The minimum atomic E-state index is -0.545. The van der Waals surface area contributed by atoms with Crippen molar-refractivity contribution in [3.05, 3.63) is 75.8 Å². The Morgan fingerprint density at radius 1 is 1.12 bits per heavy atom.